The van der Waals surface area contributed by atoms with Gasteiger partial charge in [0.25, 0.3) is 0 Å². The summed E-state index contributed by atoms with van der Waals surface area (Å²) < 4.78 is 12.6. The molecule has 0 aromatic heterocycles. The van der Waals surface area contributed by atoms with E-state index in [4.69, 9.17) is 0 Å². The summed E-state index contributed by atoms with van der Waals surface area (Å²) in [5.74, 6) is -0.116. The summed E-state index contributed by atoms with van der Waals surface area (Å²) in [6.45, 7) is 8.89. The van der Waals surface area contributed by atoms with E-state index in [2.05, 4.69) is 6.58 Å². The van der Waals surface area contributed by atoms with Crippen LogP contribution >= 0.6 is 0 Å². The Hall–Kier alpha value is -1.11. The standard InChI is InChI=1S/C8H9F.C3H6/c1-6-3-4-7(2)8(9)5-6;1-3-2/h3-5H,1-2H3;3H,1H2,2H3. The fourth-order valence-electron chi connectivity index (χ4n) is 0.698. The average Bonchev–Trinajstić information content (AvgIpc) is 1.99. The van der Waals surface area contributed by atoms with Gasteiger partial charge in [0.15, 0.2) is 0 Å². The molecule has 66 valence electrons. The number of allylic oxidation sites excluding steroid dienone is 1. The van der Waals surface area contributed by atoms with Crippen LogP contribution in [0.1, 0.15) is 18.1 Å². The van der Waals surface area contributed by atoms with E-state index in [1.165, 1.54) is 6.07 Å². The molecule has 12 heavy (non-hydrogen) atoms. The first-order valence-electron chi connectivity index (χ1n) is 3.91. The number of halogens is 1. The van der Waals surface area contributed by atoms with Crippen LogP contribution in [0.5, 0.6) is 0 Å². The van der Waals surface area contributed by atoms with Gasteiger partial charge in [0, 0.05) is 0 Å². The van der Waals surface area contributed by atoms with Gasteiger partial charge in [-0.15, -0.1) is 6.58 Å². The quantitative estimate of drug-likeness (QED) is 0.516. The van der Waals surface area contributed by atoms with E-state index in [1.807, 2.05) is 19.9 Å². The van der Waals surface area contributed by atoms with Crippen molar-refractivity contribution in [2.75, 3.05) is 0 Å². The van der Waals surface area contributed by atoms with Crippen molar-refractivity contribution in [3.63, 3.8) is 0 Å². The molecule has 0 aliphatic heterocycles. The molecule has 0 spiro atoms. The summed E-state index contributed by atoms with van der Waals surface area (Å²) in [5.41, 5.74) is 1.68. The zero-order chi connectivity index (χ0) is 9.56. The van der Waals surface area contributed by atoms with Gasteiger partial charge in [0.2, 0.25) is 0 Å². The Morgan fingerprint density at radius 2 is 1.83 bits per heavy atom. The molecule has 0 nitrogen and oxygen atoms in total. The molecule has 0 radical (unpaired) electrons. The molecule has 0 saturated heterocycles. The Balaban J connectivity index is 0.000000354. The molecule has 0 fully saturated rings. The molecular formula is C11H15F. The third-order valence-electron chi connectivity index (χ3n) is 1.33. The average molecular weight is 166 g/mol. The van der Waals surface area contributed by atoms with Crippen molar-refractivity contribution in [3.05, 3.63) is 47.8 Å². The second-order valence-corrected chi connectivity index (χ2v) is 2.66. The number of rotatable bonds is 0. The summed E-state index contributed by atoms with van der Waals surface area (Å²) in [6, 6.07) is 5.22. The normalized spacial score (nSPS) is 8.33. The van der Waals surface area contributed by atoms with E-state index in [0.717, 1.165) is 5.56 Å². The minimum absolute atomic E-state index is 0.116. The van der Waals surface area contributed by atoms with Gasteiger partial charge in [-0.3, -0.25) is 0 Å². The molecule has 0 unspecified atom stereocenters. The molecule has 1 aromatic carbocycles. The zero-order valence-electron chi connectivity index (χ0n) is 7.89. The molecule has 0 N–H and O–H groups in total. The Labute approximate surface area is 73.7 Å². The summed E-state index contributed by atoms with van der Waals surface area (Å²) in [6.07, 6.45) is 1.75. The lowest BCUT2D eigenvalue weighted by Gasteiger charge is -1.94. The van der Waals surface area contributed by atoms with Gasteiger partial charge in [-0.05, 0) is 38.0 Å². The lowest BCUT2D eigenvalue weighted by molar-refractivity contribution is 0.617. The highest BCUT2D eigenvalue weighted by atomic mass is 19.1. The fourth-order valence-corrected chi connectivity index (χ4v) is 0.698. The Morgan fingerprint density at radius 3 is 2.17 bits per heavy atom. The highest BCUT2D eigenvalue weighted by Gasteiger charge is 1.93. The minimum atomic E-state index is -0.116. The van der Waals surface area contributed by atoms with E-state index < -0.39 is 0 Å². The van der Waals surface area contributed by atoms with Crippen LogP contribution < -0.4 is 0 Å². The maximum Gasteiger partial charge on any atom is 0.126 e. The molecule has 0 atom stereocenters. The smallest absolute Gasteiger partial charge is 0.126 e. The largest absolute Gasteiger partial charge is 0.207 e. The highest BCUT2D eigenvalue weighted by molar-refractivity contribution is 5.21. The van der Waals surface area contributed by atoms with Crippen LogP contribution in [0.25, 0.3) is 0 Å². The van der Waals surface area contributed by atoms with Crippen molar-refractivity contribution in [1.82, 2.24) is 0 Å². The van der Waals surface area contributed by atoms with Gasteiger partial charge in [0.05, 0.1) is 0 Å². The predicted octanol–water partition coefficient (Wildman–Crippen LogP) is 3.63. The van der Waals surface area contributed by atoms with E-state index in [-0.39, 0.29) is 5.82 Å². The van der Waals surface area contributed by atoms with Gasteiger partial charge in [0.1, 0.15) is 5.82 Å². The molecule has 1 aromatic rings. The lowest BCUT2D eigenvalue weighted by Crippen LogP contribution is -1.81. The van der Waals surface area contributed by atoms with Crippen LogP contribution in [0, 0.1) is 19.7 Å². The molecule has 0 amide bonds. The minimum Gasteiger partial charge on any atom is -0.207 e. The maximum absolute atomic E-state index is 12.6. The Kier molecular flexibility index (Phi) is 5.02. The van der Waals surface area contributed by atoms with Gasteiger partial charge in [-0.2, -0.15) is 0 Å². The van der Waals surface area contributed by atoms with Crippen molar-refractivity contribution < 1.29 is 4.39 Å². The van der Waals surface area contributed by atoms with Gasteiger partial charge < -0.3 is 0 Å². The van der Waals surface area contributed by atoms with Crippen molar-refractivity contribution in [3.8, 4) is 0 Å². The molecule has 0 saturated carbocycles. The lowest BCUT2D eigenvalue weighted by atomic mass is 10.2. The van der Waals surface area contributed by atoms with E-state index >= 15 is 0 Å². The third kappa shape index (κ3) is 3.91. The van der Waals surface area contributed by atoms with Crippen molar-refractivity contribution in [2.45, 2.75) is 20.8 Å². The molecule has 0 aliphatic rings. The Bertz CT molecular complexity index is 251. The first kappa shape index (κ1) is 10.9. The Morgan fingerprint density at radius 1 is 1.33 bits per heavy atom. The van der Waals surface area contributed by atoms with Crippen LogP contribution in [0.3, 0.4) is 0 Å². The van der Waals surface area contributed by atoms with Crippen LogP contribution in [0.2, 0.25) is 0 Å². The summed E-state index contributed by atoms with van der Waals surface area (Å²) in [4.78, 5) is 0. The SMILES string of the molecule is C=CC.Cc1ccc(C)c(F)c1. The summed E-state index contributed by atoms with van der Waals surface area (Å²) in [7, 11) is 0. The number of hydrogen-bond acceptors (Lipinski definition) is 0. The van der Waals surface area contributed by atoms with Crippen LogP contribution in [0.15, 0.2) is 30.9 Å². The fraction of sp³-hybridized carbons (Fsp3) is 0.273. The van der Waals surface area contributed by atoms with Crippen molar-refractivity contribution in [2.24, 2.45) is 0 Å². The second-order valence-electron chi connectivity index (χ2n) is 2.66. The van der Waals surface area contributed by atoms with Crippen molar-refractivity contribution >= 4 is 0 Å². The first-order chi connectivity index (χ1) is 5.61. The monoisotopic (exact) mass is 166 g/mol. The number of aryl methyl sites for hydroxylation is 2. The summed E-state index contributed by atoms with van der Waals surface area (Å²) in [5, 5.41) is 0. The first-order valence-corrected chi connectivity index (χ1v) is 3.91. The predicted molar refractivity (Wildman–Crippen MR) is 51.7 cm³/mol. The van der Waals surface area contributed by atoms with Gasteiger partial charge in [-0.25, -0.2) is 4.39 Å². The summed E-state index contributed by atoms with van der Waals surface area (Å²) >= 11 is 0. The molecular weight excluding hydrogens is 151 g/mol. The van der Waals surface area contributed by atoms with Crippen LogP contribution in [0.4, 0.5) is 4.39 Å². The van der Waals surface area contributed by atoms with E-state index in [9.17, 15) is 4.39 Å². The van der Waals surface area contributed by atoms with Crippen molar-refractivity contribution in [1.29, 1.82) is 0 Å². The van der Waals surface area contributed by atoms with Crippen LogP contribution in [-0.2, 0) is 0 Å². The second kappa shape index (κ2) is 5.53. The molecule has 0 aliphatic carbocycles. The van der Waals surface area contributed by atoms with Crippen LogP contribution in [-0.4, -0.2) is 0 Å². The molecule has 0 heterocycles. The van der Waals surface area contributed by atoms with Gasteiger partial charge >= 0.3 is 0 Å². The zero-order valence-corrected chi connectivity index (χ0v) is 7.89. The number of hydrogen-bond donors (Lipinski definition) is 0. The van der Waals surface area contributed by atoms with Gasteiger partial charge in [-0.1, -0.05) is 18.2 Å². The maximum atomic E-state index is 12.6. The highest BCUT2D eigenvalue weighted by Crippen LogP contribution is 2.06. The molecule has 0 bridgehead atoms. The third-order valence-corrected chi connectivity index (χ3v) is 1.33. The topological polar surface area (TPSA) is 0 Å². The molecule has 1 heteroatoms. The van der Waals surface area contributed by atoms with E-state index in [1.54, 1.807) is 19.1 Å². The van der Waals surface area contributed by atoms with E-state index in [0.29, 0.717) is 5.56 Å². The number of benzene rings is 1. The molecule has 1 rings (SSSR count).